The van der Waals surface area contributed by atoms with Crippen LogP contribution in [0.15, 0.2) is 42.7 Å². The van der Waals surface area contributed by atoms with Crippen molar-refractivity contribution in [2.45, 2.75) is 32.2 Å². The summed E-state index contributed by atoms with van der Waals surface area (Å²) in [4.78, 5) is 11.8. The third-order valence-corrected chi connectivity index (χ3v) is 3.27. The maximum atomic E-state index is 11.8. The Kier molecular flexibility index (Phi) is 5.51. The highest BCUT2D eigenvalue weighted by molar-refractivity contribution is 5.76. The fourth-order valence-electron chi connectivity index (χ4n) is 2.08. The summed E-state index contributed by atoms with van der Waals surface area (Å²) >= 11 is 0. The maximum Gasteiger partial charge on any atom is 0.220 e. The lowest BCUT2D eigenvalue weighted by Gasteiger charge is -2.11. The van der Waals surface area contributed by atoms with Gasteiger partial charge in [-0.25, -0.2) is 4.68 Å². The molecule has 1 aromatic carbocycles. The van der Waals surface area contributed by atoms with Crippen LogP contribution in [0.1, 0.15) is 25.3 Å². The first kappa shape index (κ1) is 15.3. The highest BCUT2D eigenvalue weighted by Gasteiger charge is 2.08. The zero-order valence-corrected chi connectivity index (χ0v) is 12.2. The minimum atomic E-state index is 0.00316. The number of benzene rings is 1. The molecule has 0 aliphatic carbocycles. The zero-order chi connectivity index (χ0) is 15.1. The molecule has 1 aromatic heterocycles. The van der Waals surface area contributed by atoms with E-state index in [2.05, 4.69) is 10.4 Å². The predicted octanol–water partition coefficient (Wildman–Crippen LogP) is 1.69. The summed E-state index contributed by atoms with van der Waals surface area (Å²) in [6.07, 6.45) is 5.40. The number of aryl methyl sites for hydroxylation is 1. The Hall–Kier alpha value is -2.14. The second-order valence-electron chi connectivity index (χ2n) is 5.11. The molecule has 2 aromatic rings. The maximum absolute atomic E-state index is 11.8. The molecule has 5 nitrogen and oxygen atoms in total. The summed E-state index contributed by atoms with van der Waals surface area (Å²) in [6, 6.07) is 9.88. The quantitative estimate of drug-likeness (QED) is 0.814. The van der Waals surface area contributed by atoms with Gasteiger partial charge in [-0.3, -0.25) is 4.79 Å². The molecule has 0 bridgehead atoms. The molecule has 0 fully saturated rings. The number of para-hydroxylation sites is 1. The first-order chi connectivity index (χ1) is 10.2. The molecule has 0 aliphatic heterocycles. The molecular formula is C16H21N3O2. The third-order valence-electron chi connectivity index (χ3n) is 3.27. The van der Waals surface area contributed by atoms with Crippen molar-refractivity contribution in [2.75, 3.05) is 6.61 Å². The minimum absolute atomic E-state index is 0.00316. The van der Waals surface area contributed by atoms with E-state index in [9.17, 15) is 4.79 Å². The van der Waals surface area contributed by atoms with Gasteiger partial charge in [0.1, 0.15) is 0 Å². The number of aliphatic hydroxyl groups is 1. The number of aromatic nitrogens is 2. The van der Waals surface area contributed by atoms with Crippen molar-refractivity contribution < 1.29 is 9.90 Å². The second kappa shape index (κ2) is 7.59. The van der Waals surface area contributed by atoms with E-state index in [0.717, 1.165) is 11.3 Å². The van der Waals surface area contributed by atoms with Gasteiger partial charge < -0.3 is 10.4 Å². The number of aliphatic hydroxyl groups excluding tert-OH is 1. The van der Waals surface area contributed by atoms with Crippen LogP contribution in [-0.4, -0.2) is 33.4 Å². The molecule has 0 radical (unpaired) electrons. The number of nitrogens with one attached hydrogen (secondary N) is 1. The molecule has 1 atom stereocenters. The Morgan fingerprint density at radius 2 is 2.14 bits per heavy atom. The molecule has 1 amide bonds. The Morgan fingerprint density at radius 1 is 1.38 bits per heavy atom. The van der Waals surface area contributed by atoms with Crippen molar-refractivity contribution >= 4 is 5.91 Å². The molecule has 2 rings (SSSR count). The first-order valence-electron chi connectivity index (χ1n) is 7.18. The van der Waals surface area contributed by atoms with Gasteiger partial charge in [-0.05, 0) is 37.5 Å². The van der Waals surface area contributed by atoms with E-state index in [1.165, 1.54) is 0 Å². The Bertz CT molecular complexity index is 566. The molecule has 5 heteroatoms. The number of hydrogen-bond acceptors (Lipinski definition) is 3. The second-order valence-corrected chi connectivity index (χ2v) is 5.11. The van der Waals surface area contributed by atoms with E-state index in [4.69, 9.17) is 5.11 Å². The predicted molar refractivity (Wildman–Crippen MR) is 81.2 cm³/mol. The van der Waals surface area contributed by atoms with Crippen LogP contribution in [0.25, 0.3) is 5.69 Å². The highest BCUT2D eigenvalue weighted by atomic mass is 16.3. The van der Waals surface area contributed by atoms with Crippen molar-refractivity contribution in [1.29, 1.82) is 0 Å². The van der Waals surface area contributed by atoms with Crippen LogP contribution in [0.2, 0.25) is 0 Å². The van der Waals surface area contributed by atoms with Crippen LogP contribution in [0.3, 0.4) is 0 Å². The minimum Gasteiger partial charge on any atom is -0.396 e. The Morgan fingerprint density at radius 3 is 2.86 bits per heavy atom. The van der Waals surface area contributed by atoms with Gasteiger partial charge in [-0.2, -0.15) is 5.10 Å². The summed E-state index contributed by atoms with van der Waals surface area (Å²) < 4.78 is 1.81. The normalized spacial score (nSPS) is 12.1. The summed E-state index contributed by atoms with van der Waals surface area (Å²) in [5, 5.41) is 16.0. The fourth-order valence-corrected chi connectivity index (χ4v) is 2.08. The molecule has 2 N–H and O–H groups in total. The SMILES string of the molecule is C[C@H](CCO)NC(=O)CCc1cnn(-c2ccccc2)c1. The molecule has 1 heterocycles. The van der Waals surface area contributed by atoms with Crippen LogP contribution < -0.4 is 5.32 Å². The number of carbonyl (C=O) groups is 1. The van der Waals surface area contributed by atoms with Crippen molar-refractivity contribution in [3.63, 3.8) is 0 Å². The standard InChI is InChI=1S/C16H21N3O2/c1-13(9-10-20)18-16(21)8-7-14-11-17-19(12-14)15-5-3-2-4-6-15/h2-6,11-13,20H,7-10H2,1H3,(H,18,21)/t13-/m1/s1. The van der Waals surface area contributed by atoms with Gasteiger partial charge in [0.15, 0.2) is 0 Å². The molecule has 21 heavy (non-hydrogen) atoms. The van der Waals surface area contributed by atoms with Crippen molar-refractivity contribution in [3.8, 4) is 5.69 Å². The van der Waals surface area contributed by atoms with Gasteiger partial charge in [0.25, 0.3) is 0 Å². The van der Waals surface area contributed by atoms with Gasteiger partial charge in [0.2, 0.25) is 5.91 Å². The van der Waals surface area contributed by atoms with Crippen molar-refractivity contribution in [1.82, 2.24) is 15.1 Å². The average Bonchev–Trinajstić information content (AvgIpc) is 2.95. The Labute approximate surface area is 124 Å². The monoisotopic (exact) mass is 287 g/mol. The average molecular weight is 287 g/mol. The number of hydrogen-bond donors (Lipinski definition) is 2. The van der Waals surface area contributed by atoms with E-state index in [1.54, 1.807) is 6.20 Å². The van der Waals surface area contributed by atoms with Gasteiger partial charge in [0.05, 0.1) is 11.9 Å². The smallest absolute Gasteiger partial charge is 0.220 e. The van der Waals surface area contributed by atoms with E-state index in [0.29, 0.717) is 19.3 Å². The molecule has 0 unspecified atom stereocenters. The van der Waals surface area contributed by atoms with E-state index in [-0.39, 0.29) is 18.6 Å². The number of rotatable bonds is 7. The van der Waals surface area contributed by atoms with Crippen LogP contribution in [0.5, 0.6) is 0 Å². The Balaban J connectivity index is 1.84. The fraction of sp³-hybridized carbons (Fsp3) is 0.375. The van der Waals surface area contributed by atoms with E-state index in [1.807, 2.05) is 48.1 Å². The highest BCUT2D eigenvalue weighted by Crippen LogP contribution is 2.09. The summed E-state index contributed by atoms with van der Waals surface area (Å²) in [7, 11) is 0. The summed E-state index contributed by atoms with van der Waals surface area (Å²) in [5.74, 6) is 0.00316. The van der Waals surface area contributed by atoms with E-state index >= 15 is 0 Å². The number of carbonyl (C=O) groups excluding carboxylic acids is 1. The third kappa shape index (κ3) is 4.72. The van der Waals surface area contributed by atoms with Crippen LogP contribution in [0.4, 0.5) is 0 Å². The zero-order valence-electron chi connectivity index (χ0n) is 12.2. The van der Waals surface area contributed by atoms with Crippen LogP contribution in [-0.2, 0) is 11.2 Å². The molecular weight excluding hydrogens is 266 g/mol. The summed E-state index contributed by atoms with van der Waals surface area (Å²) in [5.41, 5.74) is 2.04. The largest absolute Gasteiger partial charge is 0.396 e. The molecule has 0 saturated carbocycles. The number of nitrogens with zero attached hydrogens (tertiary/aromatic N) is 2. The van der Waals surface area contributed by atoms with Gasteiger partial charge in [0, 0.05) is 25.3 Å². The molecule has 0 aliphatic rings. The number of amides is 1. The molecule has 0 saturated heterocycles. The van der Waals surface area contributed by atoms with Crippen molar-refractivity contribution in [2.24, 2.45) is 0 Å². The van der Waals surface area contributed by atoms with Gasteiger partial charge >= 0.3 is 0 Å². The topological polar surface area (TPSA) is 67.2 Å². The van der Waals surface area contributed by atoms with Gasteiger partial charge in [-0.1, -0.05) is 18.2 Å². The lowest BCUT2D eigenvalue weighted by molar-refractivity contribution is -0.121. The van der Waals surface area contributed by atoms with Gasteiger partial charge in [-0.15, -0.1) is 0 Å². The summed E-state index contributed by atoms with van der Waals surface area (Å²) in [6.45, 7) is 1.98. The van der Waals surface area contributed by atoms with Crippen molar-refractivity contribution in [3.05, 3.63) is 48.3 Å². The van der Waals surface area contributed by atoms with E-state index < -0.39 is 0 Å². The van der Waals surface area contributed by atoms with Crippen LogP contribution >= 0.6 is 0 Å². The lowest BCUT2D eigenvalue weighted by atomic mass is 10.2. The molecule has 0 spiro atoms. The molecule has 112 valence electrons. The lowest BCUT2D eigenvalue weighted by Crippen LogP contribution is -2.33. The van der Waals surface area contributed by atoms with Crippen LogP contribution in [0, 0.1) is 0 Å². The first-order valence-corrected chi connectivity index (χ1v) is 7.18.